The number of nitrogens with zero attached hydrogens (tertiary/aromatic N) is 2. The van der Waals surface area contributed by atoms with Gasteiger partial charge >= 0.3 is 29.8 Å². The number of hydrogen-bond acceptors (Lipinski definition) is 3. The molecular formula is C23H20F8IN3O3. The van der Waals surface area contributed by atoms with Crippen molar-refractivity contribution in [2.75, 3.05) is 30.9 Å². The van der Waals surface area contributed by atoms with Gasteiger partial charge in [0, 0.05) is 29.8 Å². The molecule has 0 unspecified atom stereocenters. The van der Waals surface area contributed by atoms with E-state index in [2.05, 4.69) is 5.32 Å². The highest BCUT2D eigenvalue weighted by Crippen LogP contribution is 2.54. The second-order valence-corrected chi connectivity index (χ2v) is 9.24. The second kappa shape index (κ2) is 11.0. The monoisotopic (exact) mass is 665 g/mol. The number of amides is 3. The molecule has 0 saturated carbocycles. The predicted octanol–water partition coefficient (Wildman–Crippen LogP) is 5.72. The summed E-state index contributed by atoms with van der Waals surface area (Å²) < 4.78 is 108. The lowest BCUT2D eigenvalue weighted by Crippen LogP contribution is -2.50. The molecule has 0 bridgehead atoms. The minimum atomic E-state index is -6.33. The molecule has 0 fully saturated rings. The molecular weight excluding hydrogens is 645 g/mol. The SMILES string of the molecule is CCN(C)C(=O)C(=O)N(C)c1cccc(C(=O)Nc2c(C)cc(C(F)(C(F)(F)F)C(F)(F)F)cc2I)c1F. The van der Waals surface area contributed by atoms with Gasteiger partial charge in [0.2, 0.25) is 0 Å². The Bertz CT molecular complexity index is 1230. The zero-order valence-corrected chi connectivity index (χ0v) is 22.3. The largest absolute Gasteiger partial charge is 0.435 e. The quantitative estimate of drug-likeness (QED) is 0.253. The summed E-state index contributed by atoms with van der Waals surface area (Å²) >= 11 is 1.31. The van der Waals surface area contributed by atoms with Crippen LogP contribution in [0, 0.1) is 16.3 Å². The number of hydrogen-bond donors (Lipinski definition) is 1. The minimum Gasteiger partial charge on any atom is -0.338 e. The van der Waals surface area contributed by atoms with Crippen LogP contribution in [0.25, 0.3) is 0 Å². The molecule has 0 saturated heterocycles. The van der Waals surface area contributed by atoms with Gasteiger partial charge in [0.1, 0.15) is 0 Å². The first kappa shape index (κ1) is 31.2. The van der Waals surface area contributed by atoms with Crippen LogP contribution in [-0.2, 0) is 15.3 Å². The van der Waals surface area contributed by atoms with Crippen molar-refractivity contribution in [1.82, 2.24) is 4.90 Å². The molecule has 0 aromatic heterocycles. The summed E-state index contributed by atoms with van der Waals surface area (Å²) in [6, 6.07) is 3.87. The Balaban J connectivity index is 2.46. The van der Waals surface area contributed by atoms with Crippen molar-refractivity contribution in [2.45, 2.75) is 31.9 Å². The van der Waals surface area contributed by atoms with Crippen LogP contribution in [0.15, 0.2) is 30.3 Å². The fraction of sp³-hybridized carbons (Fsp3) is 0.348. The van der Waals surface area contributed by atoms with Crippen LogP contribution in [0.2, 0.25) is 0 Å². The zero-order chi connectivity index (χ0) is 29.4. The standard InChI is InChI=1S/C23H20F8IN3O3/c1-5-34(3)19(37)20(38)35(4)15-8-6-7-13(16(15)24)18(36)33-17-11(2)9-12(10-14(17)32)21(25,22(26,27)28)23(29,30)31/h6-10H,5H2,1-4H3,(H,33,36). The molecule has 6 nitrogen and oxygen atoms in total. The van der Waals surface area contributed by atoms with Gasteiger partial charge in [-0.3, -0.25) is 14.4 Å². The molecule has 0 heterocycles. The molecule has 0 spiro atoms. The summed E-state index contributed by atoms with van der Waals surface area (Å²) in [4.78, 5) is 39.1. The third kappa shape index (κ3) is 5.71. The summed E-state index contributed by atoms with van der Waals surface area (Å²) in [6.07, 6.45) is -12.7. The molecule has 15 heteroatoms. The lowest BCUT2D eigenvalue weighted by molar-refractivity contribution is -0.348. The lowest BCUT2D eigenvalue weighted by Gasteiger charge is -2.31. The molecule has 2 aromatic rings. The molecule has 0 atom stereocenters. The van der Waals surface area contributed by atoms with E-state index in [0.29, 0.717) is 4.90 Å². The number of carbonyl (C=O) groups excluding carboxylic acids is 3. The van der Waals surface area contributed by atoms with Crippen molar-refractivity contribution >= 4 is 51.7 Å². The van der Waals surface area contributed by atoms with E-state index < -0.39 is 61.9 Å². The highest BCUT2D eigenvalue weighted by molar-refractivity contribution is 14.1. The van der Waals surface area contributed by atoms with Gasteiger partial charge in [-0.15, -0.1) is 0 Å². The number of benzene rings is 2. The molecule has 3 amide bonds. The minimum absolute atomic E-state index is 0.190. The summed E-state index contributed by atoms with van der Waals surface area (Å²) in [7, 11) is 2.44. The van der Waals surface area contributed by atoms with E-state index in [1.807, 2.05) is 0 Å². The molecule has 0 aliphatic rings. The Morgan fingerprint density at radius 2 is 1.50 bits per heavy atom. The fourth-order valence-corrected chi connectivity index (χ4v) is 4.18. The molecule has 0 radical (unpaired) electrons. The van der Waals surface area contributed by atoms with Crippen molar-refractivity contribution in [3.8, 4) is 0 Å². The van der Waals surface area contributed by atoms with Crippen LogP contribution in [-0.4, -0.2) is 55.6 Å². The van der Waals surface area contributed by atoms with Crippen LogP contribution >= 0.6 is 22.6 Å². The first-order valence-corrected chi connectivity index (χ1v) is 11.6. The van der Waals surface area contributed by atoms with Crippen LogP contribution in [0.3, 0.4) is 0 Å². The molecule has 208 valence electrons. The average Bonchev–Trinajstić information content (AvgIpc) is 2.82. The highest BCUT2D eigenvalue weighted by Gasteiger charge is 2.73. The Morgan fingerprint density at radius 1 is 0.947 bits per heavy atom. The second-order valence-electron chi connectivity index (χ2n) is 8.08. The lowest BCUT2D eigenvalue weighted by atomic mass is 9.92. The van der Waals surface area contributed by atoms with Gasteiger partial charge in [0.05, 0.1) is 16.9 Å². The number of aryl methyl sites for hydroxylation is 1. The first-order chi connectivity index (χ1) is 17.3. The van der Waals surface area contributed by atoms with Gasteiger partial charge in [-0.25, -0.2) is 8.78 Å². The van der Waals surface area contributed by atoms with Gasteiger partial charge < -0.3 is 15.1 Å². The van der Waals surface area contributed by atoms with Gasteiger partial charge in [-0.2, -0.15) is 26.3 Å². The van der Waals surface area contributed by atoms with Crippen molar-refractivity contribution in [3.05, 3.63) is 56.4 Å². The van der Waals surface area contributed by atoms with Crippen LogP contribution in [0.4, 0.5) is 46.5 Å². The maximum atomic E-state index is 15.2. The topological polar surface area (TPSA) is 69.7 Å². The van der Waals surface area contributed by atoms with E-state index in [-0.39, 0.29) is 29.9 Å². The van der Waals surface area contributed by atoms with Crippen LogP contribution in [0.5, 0.6) is 0 Å². The predicted molar refractivity (Wildman–Crippen MR) is 130 cm³/mol. The number of halogens is 9. The van der Waals surface area contributed by atoms with Crippen molar-refractivity contribution in [3.63, 3.8) is 0 Å². The van der Waals surface area contributed by atoms with E-state index in [1.165, 1.54) is 35.7 Å². The normalized spacial score (nSPS) is 12.2. The van der Waals surface area contributed by atoms with Crippen molar-refractivity contribution < 1.29 is 49.5 Å². The maximum absolute atomic E-state index is 15.2. The van der Waals surface area contributed by atoms with Gasteiger partial charge in [-0.1, -0.05) is 12.1 Å². The Labute approximate surface area is 225 Å². The summed E-state index contributed by atoms with van der Waals surface area (Å²) in [5.74, 6) is -4.45. The summed E-state index contributed by atoms with van der Waals surface area (Å²) in [5.41, 5.74) is -9.17. The first-order valence-electron chi connectivity index (χ1n) is 10.6. The van der Waals surface area contributed by atoms with E-state index in [4.69, 9.17) is 0 Å². The summed E-state index contributed by atoms with van der Waals surface area (Å²) in [5, 5.41) is 2.19. The molecule has 0 aliphatic heterocycles. The molecule has 2 rings (SSSR count). The summed E-state index contributed by atoms with van der Waals surface area (Å²) in [6.45, 7) is 2.82. The Hall–Kier alpha value is -2.98. The highest BCUT2D eigenvalue weighted by atomic mass is 127. The van der Waals surface area contributed by atoms with E-state index >= 15 is 4.39 Å². The Kier molecular flexibility index (Phi) is 9.06. The smallest absolute Gasteiger partial charge is 0.338 e. The third-order valence-corrected chi connectivity index (χ3v) is 6.45. The maximum Gasteiger partial charge on any atom is 0.435 e. The number of nitrogens with one attached hydrogen (secondary N) is 1. The molecule has 0 aliphatic carbocycles. The van der Waals surface area contributed by atoms with Gasteiger partial charge in [-0.05, 0) is 60.2 Å². The fourth-order valence-electron chi connectivity index (χ4n) is 3.28. The van der Waals surface area contributed by atoms with Gasteiger partial charge in [0.15, 0.2) is 5.82 Å². The molecule has 38 heavy (non-hydrogen) atoms. The number of rotatable bonds is 5. The number of alkyl halides is 7. The number of carbonyl (C=O) groups is 3. The van der Waals surface area contributed by atoms with E-state index in [0.717, 1.165) is 31.0 Å². The number of anilines is 2. The van der Waals surface area contributed by atoms with Crippen LogP contribution < -0.4 is 10.2 Å². The molecule has 1 N–H and O–H groups in total. The Morgan fingerprint density at radius 3 is 1.97 bits per heavy atom. The third-order valence-electron chi connectivity index (χ3n) is 5.60. The zero-order valence-electron chi connectivity index (χ0n) is 20.1. The van der Waals surface area contributed by atoms with Gasteiger partial charge in [0.25, 0.3) is 5.91 Å². The van der Waals surface area contributed by atoms with Crippen molar-refractivity contribution in [1.29, 1.82) is 0 Å². The molecule has 2 aromatic carbocycles. The van der Waals surface area contributed by atoms with E-state index in [1.54, 1.807) is 6.92 Å². The van der Waals surface area contributed by atoms with E-state index in [9.17, 15) is 45.1 Å². The number of likely N-dealkylation sites (N-methyl/N-ethyl adjacent to an activating group) is 2. The van der Waals surface area contributed by atoms with Crippen molar-refractivity contribution in [2.24, 2.45) is 0 Å². The van der Waals surface area contributed by atoms with Crippen LogP contribution in [0.1, 0.15) is 28.4 Å². The average molecular weight is 665 g/mol.